The van der Waals surface area contributed by atoms with Crippen LogP contribution in [0.2, 0.25) is 30.8 Å². The Balaban J connectivity index is 1.92. The summed E-state index contributed by atoms with van der Waals surface area (Å²) in [6.45, 7) is 8.23. The minimum Gasteiger partial charge on any atom is -0.399 e. The highest BCUT2D eigenvalue weighted by atomic mass is 35.5. The van der Waals surface area contributed by atoms with Crippen LogP contribution in [0.5, 0.6) is 0 Å². The Morgan fingerprint density at radius 3 is 2.56 bits per heavy atom. The van der Waals surface area contributed by atoms with E-state index in [0.717, 1.165) is 40.5 Å². The van der Waals surface area contributed by atoms with E-state index in [1.54, 1.807) is 0 Å². The number of ether oxygens (including phenoxy) is 1. The van der Waals surface area contributed by atoms with Crippen molar-refractivity contribution in [3.8, 4) is 11.1 Å². The van der Waals surface area contributed by atoms with E-state index in [0.29, 0.717) is 11.9 Å². The lowest BCUT2D eigenvalue weighted by molar-refractivity contribution is 0.0899. The SMILES string of the molecule is C[Si-](C)(C)CCOCn1cc(-c2ccc(N)cc2)c2c(Cl)ncnc21. The molecule has 0 atom stereocenters. The lowest BCUT2D eigenvalue weighted by Gasteiger charge is -2.26. The number of hydrogen-bond donors (Lipinski definition) is 1. The molecule has 0 saturated heterocycles. The van der Waals surface area contributed by atoms with Gasteiger partial charge in [-0.15, -0.1) is 14.1 Å². The zero-order valence-corrected chi connectivity index (χ0v) is 16.5. The van der Waals surface area contributed by atoms with Gasteiger partial charge >= 0.3 is 0 Å². The number of anilines is 1. The molecule has 2 N–H and O–H groups in total. The van der Waals surface area contributed by atoms with Gasteiger partial charge in [0.1, 0.15) is 23.9 Å². The first-order chi connectivity index (χ1) is 11.8. The predicted octanol–water partition coefficient (Wildman–Crippen LogP) is 4.65. The first-order valence-electron chi connectivity index (χ1n) is 8.28. The summed E-state index contributed by atoms with van der Waals surface area (Å²) in [6.07, 6.45) is 3.50. The second kappa shape index (κ2) is 7.15. The van der Waals surface area contributed by atoms with Crippen LogP contribution in [-0.2, 0) is 11.5 Å². The van der Waals surface area contributed by atoms with Crippen molar-refractivity contribution in [1.29, 1.82) is 0 Å². The zero-order chi connectivity index (χ0) is 18.0. The van der Waals surface area contributed by atoms with Crippen molar-refractivity contribution in [2.75, 3.05) is 12.3 Å². The van der Waals surface area contributed by atoms with Crippen LogP contribution in [-0.4, -0.2) is 29.2 Å². The fraction of sp³-hybridized carbons (Fsp3) is 0.333. The number of nitrogens with two attached hydrogens (primary N) is 1. The van der Waals surface area contributed by atoms with Gasteiger partial charge in [0.2, 0.25) is 0 Å². The molecular weight excluding hydrogens is 352 g/mol. The molecule has 1 aromatic carbocycles. The third-order valence-corrected chi connectivity index (χ3v) is 6.05. The van der Waals surface area contributed by atoms with Gasteiger partial charge in [0.25, 0.3) is 0 Å². The summed E-state index contributed by atoms with van der Waals surface area (Å²) in [6, 6.07) is 8.84. The molecule has 5 nitrogen and oxygen atoms in total. The monoisotopic (exact) mass is 374 g/mol. The van der Waals surface area contributed by atoms with Gasteiger partial charge in [-0.2, -0.15) is 19.6 Å². The van der Waals surface area contributed by atoms with Crippen molar-refractivity contribution in [3.05, 3.63) is 41.9 Å². The normalized spacial score (nSPS) is 12.0. The molecular formula is C18H23ClN4OSi-. The zero-order valence-electron chi connectivity index (χ0n) is 14.8. The average molecular weight is 375 g/mol. The van der Waals surface area contributed by atoms with E-state index in [1.807, 2.05) is 35.0 Å². The summed E-state index contributed by atoms with van der Waals surface area (Å²) in [5, 5.41) is 1.28. The molecule has 0 aliphatic carbocycles. The third kappa shape index (κ3) is 4.20. The Labute approximate surface area is 153 Å². The summed E-state index contributed by atoms with van der Waals surface area (Å²) >= 11 is 6.35. The van der Waals surface area contributed by atoms with Crippen molar-refractivity contribution in [1.82, 2.24) is 14.5 Å². The van der Waals surface area contributed by atoms with Crippen LogP contribution in [0.15, 0.2) is 36.8 Å². The molecule has 0 aliphatic rings. The second-order valence-corrected chi connectivity index (χ2v) is 13.3. The average Bonchev–Trinajstić information content (AvgIpc) is 2.92. The van der Waals surface area contributed by atoms with E-state index >= 15 is 0 Å². The summed E-state index contributed by atoms with van der Waals surface area (Å²) in [5.74, 6) is 0. The molecule has 2 aromatic heterocycles. The molecule has 0 saturated carbocycles. The van der Waals surface area contributed by atoms with Gasteiger partial charge in [-0.3, -0.25) is 0 Å². The van der Waals surface area contributed by atoms with E-state index < -0.39 is 8.07 Å². The predicted molar refractivity (Wildman–Crippen MR) is 106 cm³/mol. The molecule has 25 heavy (non-hydrogen) atoms. The van der Waals surface area contributed by atoms with Crippen molar-refractivity contribution in [3.63, 3.8) is 0 Å². The Bertz CT molecular complexity index is 871. The Morgan fingerprint density at radius 2 is 1.88 bits per heavy atom. The highest BCUT2D eigenvalue weighted by Gasteiger charge is 2.15. The lowest BCUT2D eigenvalue weighted by atomic mass is 10.1. The molecule has 0 fully saturated rings. The summed E-state index contributed by atoms with van der Waals surface area (Å²) in [5.41, 5.74) is 9.31. The number of aromatic nitrogens is 3. The van der Waals surface area contributed by atoms with Gasteiger partial charge < -0.3 is 15.0 Å². The lowest BCUT2D eigenvalue weighted by Crippen LogP contribution is -2.22. The topological polar surface area (TPSA) is 66.0 Å². The van der Waals surface area contributed by atoms with Crippen molar-refractivity contribution >= 4 is 36.4 Å². The fourth-order valence-corrected chi connectivity index (χ4v) is 3.59. The molecule has 2 heterocycles. The van der Waals surface area contributed by atoms with Crippen molar-refractivity contribution in [2.45, 2.75) is 32.4 Å². The minimum absolute atomic E-state index is 0.442. The molecule has 0 bridgehead atoms. The van der Waals surface area contributed by atoms with E-state index in [4.69, 9.17) is 22.1 Å². The fourth-order valence-electron chi connectivity index (χ4n) is 2.61. The molecule has 7 heteroatoms. The molecule has 0 amide bonds. The largest absolute Gasteiger partial charge is 0.399 e. The number of halogens is 1. The van der Waals surface area contributed by atoms with Crippen LogP contribution in [0.25, 0.3) is 22.2 Å². The second-order valence-electron chi connectivity index (χ2n) is 7.35. The number of nitrogen functional groups attached to an aromatic ring is 1. The van der Waals surface area contributed by atoms with E-state index in [9.17, 15) is 0 Å². The quantitative estimate of drug-likeness (QED) is 0.295. The summed E-state index contributed by atoms with van der Waals surface area (Å²) in [4.78, 5) is 8.54. The van der Waals surface area contributed by atoms with Crippen LogP contribution in [0.1, 0.15) is 0 Å². The standard InChI is InChI=1S/C18H23ClN4OSi/c1-25(2,3)9-8-24-12-23-10-15(13-4-6-14(20)7-5-13)16-17(19)21-11-22-18(16)23/h4-7,10-11H,8-9,12,20H2,1-3H3/q-1. The van der Waals surface area contributed by atoms with Gasteiger partial charge in [0, 0.05) is 24.1 Å². The maximum Gasteiger partial charge on any atom is 0.147 e. The van der Waals surface area contributed by atoms with Gasteiger partial charge in [-0.1, -0.05) is 23.7 Å². The van der Waals surface area contributed by atoms with Gasteiger partial charge in [-0.05, 0) is 17.7 Å². The van der Waals surface area contributed by atoms with Crippen LogP contribution in [0, 0.1) is 0 Å². The number of nitrogens with zero attached hydrogens (tertiary/aromatic N) is 3. The van der Waals surface area contributed by atoms with Crippen LogP contribution in [0.4, 0.5) is 5.69 Å². The number of rotatable bonds is 6. The molecule has 0 spiro atoms. The first kappa shape index (κ1) is 17.9. The van der Waals surface area contributed by atoms with E-state index in [1.165, 1.54) is 6.33 Å². The molecule has 3 rings (SSSR count). The van der Waals surface area contributed by atoms with Crippen molar-refractivity contribution < 1.29 is 4.74 Å². The van der Waals surface area contributed by atoms with Crippen molar-refractivity contribution in [2.24, 2.45) is 0 Å². The summed E-state index contributed by atoms with van der Waals surface area (Å²) < 4.78 is 7.87. The Morgan fingerprint density at radius 1 is 1.16 bits per heavy atom. The molecule has 0 aliphatic heterocycles. The summed E-state index contributed by atoms with van der Waals surface area (Å²) in [7, 11) is -1.10. The first-order valence-corrected chi connectivity index (χ1v) is 12.4. The maximum absolute atomic E-state index is 6.35. The van der Waals surface area contributed by atoms with Crippen LogP contribution in [0.3, 0.4) is 0 Å². The molecule has 3 aromatic rings. The third-order valence-electron chi connectivity index (χ3n) is 4.06. The van der Waals surface area contributed by atoms with Gasteiger partial charge in [0.15, 0.2) is 0 Å². The number of fused-ring (bicyclic) bond motifs is 1. The van der Waals surface area contributed by atoms with Gasteiger partial charge in [0.05, 0.1) is 5.39 Å². The smallest absolute Gasteiger partial charge is 0.147 e. The number of benzene rings is 1. The molecule has 0 radical (unpaired) electrons. The van der Waals surface area contributed by atoms with E-state index in [2.05, 4.69) is 29.6 Å². The maximum atomic E-state index is 6.35. The highest BCUT2D eigenvalue weighted by Crippen LogP contribution is 2.33. The number of hydrogen-bond acceptors (Lipinski definition) is 4. The van der Waals surface area contributed by atoms with Gasteiger partial charge in [-0.25, -0.2) is 9.97 Å². The van der Waals surface area contributed by atoms with Crippen LogP contribution >= 0.6 is 11.6 Å². The van der Waals surface area contributed by atoms with Crippen LogP contribution < -0.4 is 5.73 Å². The minimum atomic E-state index is -1.10. The Kier molecular flexibility index (Phi) is 5.13. The molecule has 133 valence electrons. The van der Waals surface area contributed by atoms with E-state index in [-0.39, 0.29) is 0 Å². The molecule has 0 unspecified atom stereocenters. The Hall–Kier alpha value is -1.89. The highest BCUT2D eigenvalue weighted by molar-refractivity contribution is 6.76.